The standard InChI is InChI=1S/C58H68Cl2N12O10/c1-38(40-6-4-3-5-7-40)30-49(76)69-21-15-58(79,16-22-69)36-71-37-64-54-55(57(71)78)67-68(2)56(54)41-10-8-39(9-11-41)32-61-33-48(75)63-18-25-81-27-29-82-28-26-80-24-14-47(74)62-17-23-72-20-13-46(66-72)42-31-44(59)52(60)53-51(42)43-34-70(50(77)35-73)19-12-45(43)65-53/h3-11,13-14,20,24,31,37-38,61,65,73,79H,12,15-19,21-23,25-30,32-36H2,1-2H3,(H,62,74)(H,63,75)/t38-/m1/s1. The summed E-state index contributed by atoms with van der Waals surface area (Å²) in [6.45, 7) is 6.20. The van der Waals surface area contributed by atoms with Crippen molar-refractivity contribution < 1.29 is 43.6 Å². The first kappa shape index (κ1) is 59.2. The Bertz CT molecular complexity index is 3460. The number of amides is 4. The van der Waals surface area contributed by atoms with Gasteiger partial charge in [-0.15, -0.1) is 0 Å². The lowest BCUT2D eigenvalue weighted by Crippen LogP contribution is -2.49. The van der Waals surface area contributed by atoms with Crippen molar-refractivity contribution in [3.8, 4) is 22.5 Å². The van der Waals surface area contributed by atoms with Gasteiger partial charge in [0.1, 0.15) is 18.7 Å². The molecule has 0 spiro atoms. The van der Waals surface area contributed by atoms with E-state index >= 15 is 0 Å². The summed E-state index contributed by atoms with van der Waals surface area (Å²) < 4.78 is 21.2. The highest BCUT2D eigenvalue weighted by Gasteiger charge is 2.36. The van der Waals surface area contributed by atoms with Crippen LogP contribution in [0.5, 0.6) is 0 Å². The Morgan fingerprint density at radius 2 is 1.65 bits per heavy atom. The Morgan fingerprint density at radius 3 is 2.41 bits per heavy atom. The molecule has 1 atom stereocenters. The molecule has 0 radical (unpaired) electrons. The van der Waals surface area contributed by atoms with Gasteiger partial charge in [-0.1, -0.05) is 84.7 Å². The van der Waals surface area contributed by atoms with Crippen molar-refractivity contribution >= 4 is 68.8 Å². The molecule has 24 heteroatoms. The number of fused-ring (bicyclic) bond motifs is 4. The van der Waals surface area contributed by atoms with E-state index in [0.717, 1.165) is 38.9 Å². The number of ether oxygens (including phenoxy) is 3. The number of piperidine rings is 1. The second-order valence-electron chi connectivity index (χ2n) is 20.5. The first-order chi connectivity index (χ1) is 39.7. The lowest BCUT2D eigenvalue weighted by Gasteiger charge is -2.38. The molecule has 2 aliphatic rings. The summed E-state index contributed by atoms with van der Waals surface area (Å²) in [5.41, 5.74) is 6.62. The Kier molecular flexibility index (Phi) is 19.9. The smallest absolute Gasteiger partial charge is 0.281 e. The zero-order chi connectivity index (χ0) is 57.8. The number of carbonyl (C=O) groups is 4. The first-order valence-electron chi connectivity index (χ1n) is 27.4. The van der Waals surface area contributed by atoms with Crippen LogP contribution in [-0.4, -0.2) is 162 Å². The molecular formula is C58H68Cl2N12O10. The van der Waals surface area contributed by atoms with E-state index in [0.29, 0.717) is 130 Å². The van der Waals surface area contributed by atoms with E-state index in [2.05, 4.69) is 31.0 Å². The zero-order valence-electron chi connectivity index (χ0n) is 45.9. The number of rotatable bonds is 26. The van der Waals surface area contributed by atoms with Gasteiger partial charge in [0.2, 0.25) is 23.6 Å². The summed E-state index contributed by atoms with van der Waals surface area (Å²) in [4.78, 5) is 75.4. The van der Waals surface area contributed by atoms with E-state index in [-0.39, 0.29) is 66.9 Å². The number of likely N-dealkylation sites (tertiary alicyclic amines) is 1. The molecule has 82 heavy (non-hydrogen) atoms. The molecule has 6 N–H and O–H groups in total. The number of H-pyrrole nitrogens is 1. The van der Waals surface area contributed by atoms with Gasteiger partial charge >= 0.3 is 0 Å². The molecular weight excluding hydrogens is 1100 g/mol. The van der Waals surface area contributed by atoms with Crippen LogP contribution in [0.4, 0.5) is 0 Å². The number of aromatic nitrogens is 7. The third-order valence-electron chi connectivity index (χ3n) is 14.8. The van der Waals surface area contributed by atoms with Crippen LogP contribution in [0, 0.1) is 0 Å². The fourth-order valence-electron chi connectivity index (χ4n) is 10.3. The minimum absolute atomic E-state index is 0.0465. The Labute approximate surface area is 483 Å². The molecule has 0 aliphatic carbocycles. The Morgan fingerprint density at radius 1 is 0.890 bits per heavy atom. The van der Waals surface area contributed by atoms with E-state index in [1.165, 1.54) is 23.2 Å². The van der Waals surface area contributed by atoms with Crippen LogP contribution in [0.25, 0.3) is 44.5 Å². The zero-order valence-corrected chi connectivity index (χ0v) is 47.4. The van der Waals surface area contributed by atoms with Crippen molar-refractivity contribution in [2.45, 2.75) is 70.3 Å². The van der Waals surface area contributed by atoms with Gasteiger partial charge in [0.25, 0.3) is 5.56 Å². The van der Waals surface area contributed by atoms with Gasteiger partial charge in [-0.05, 0) is 42.0 Å². The van der Waals surface area contributed by atoms with Gasteiger partial charge in [0, 0.05) is 106 Å². The predicted octanol–water partition coefficient (Wildman–Crippen LogP) is 4.46. The molecule has 4 amide bonds. The topological polar surface area (TPSA) is 265 Å². The van der Waals surface area contributed by atoms with Crippen molar-refractivity contribution in [2.24, 2.45) is 7.05 Å². The number of benzene rings is 3. The number of nitrogens with zero attached hydrogens (tertiary/aromatic N) is 8. The fraction of sp³-hybridized carbons (Fsp3) is 0.414. The second kappa shape index (κ2) is 27.6. The molecule has 0 saturated carbocycles. The van der Waals surface area contributed by atoms with Crippen LogP contribution >= 0.6 is 23.2 Å². The van der Waals surface area contributed by atoms with Crippen molar-refractivity contribution in [1.82, 2.24) is 59.8 Å². The molecule has 22 nitrogen and oxygen atoms in total. The number of aliphatic hydroxyl groups is 2. The lowest BCUT2D eigenvalue weighted by atomic mass is 9.90. The molecule has 3 aromatic carbocycles. The second-order valence-corrected chi connectivity index (χ2v) is 21.3. The van der Waals surface area contributed by atoms with Gasteiger partial charge in [0.15, 0.2) is 5.52 Å². The van der Waals surface area contributed by atoms with E-state index < -0.39 is 12.2 Å². The molecule has 1 saturated heterocycles. The number of nitrogens with one attached hydrogen (secondary N) is 4. The highest BCUT2D eigenvalue weighted by molar-refractivity contribution is 6.45. The minimum atomic E-state index is -1.17. The molecule has 434 valence electrons. The quantitative estimate of drug-likeness (QED) is 0.0249. The molecule has 1 fully saturated rings. The number of aliphatic hydroxyl groups excluding tert-OH is 1. The molecule has 9 rings (SSSR count). The van der Waals surface area contributed by atoms with E-state index in [4.69, 9.17) is 42.5 Å². The van der Waals surface area contributed by atoms with Gasteiger partial charge in [-0.2, -0.15) is 10.2 Å². The number of carbonyl (C=O) groups excluding carboxylic acids is 4. The third kappa shape index (κ3) is 14.6. The first-order valence-corrected chi connectivity index (χ1v) is 28.1. The van der Waals surface area contributed by atoms with Crippen LogP contribution < -0.4 is 21.5 Å². The Balaban J connectivity index is 0.605. The van der Waals surface area contributed by atoms with E-state index in [9.17, 15) is 34.2 Å². The van der Waals surface area contributed by atoms with Gasteiger partial charge in [-0.25, -0.2) is 4.98 Å². The van der Waals surface area contributed by atoms with Crippen LogP contribution in [-0.2, 0) is 73.0 Å². The number of hydrogen-bond donors (Lipinski definition) is 6. The number of aryl methyl sites for hydroxylation is 1. The SMILES string of the molecule is C[C@H](CC(=O)N1CCC(O)(Cn2cnc3c(-c4ccc(CNCC(=O)NCCOCCOCCOC=CC(=O)NCCn5ccc(-c6cc(Cl)c(Cl)c7[nH]c8c(c67)CN(C(=O)CO)CC8)n5)cc4)n(C)nc3c2=O)CC1)c1ccccc1. The summed E-state index contributed by atoms with van der Waals surface area (Å²) >= 11 is 13.1. The molecule has 4 aromatic heterocycles. The average Bonchev–Trinajstić information content (AvgIpc) is 3.53. The van der Waals surface area contributed by atoms with Gasteiger partial charge in [-0.3, -0.25) is 37.9 Å². The van der Waals surface area contributed by atoms with Crippen LogP contribution in [0.1, 0.15) is 54.5 Å². The van der Waals surface area contributed by atoms with Crippen molar-refractivity contribution in [1.29, 1.82) is 0 Å². The summed E-state index contributed by atoms with van der Waals surface area (Å²) in [5, 5.41) is 40.6. The van der Waals surface area contributed by atoms with Crippen LogP contribution in [0.2, 0.25) is 10.0 Å². The van der Waals surface area contributed by atoms with Crippen molar-refractivity contribution in [3.05, 3.63) is 134 Å². The molecule has 0 bridgehead atoms. The predicted molar refractivity (Wildman–Crippen MR) is 309 cm³/mol. The van der Waals surface area contributed by atoms with Crippen LogP contribution in [0.3, 0.4) is 0 Å². The molecule has 2 aliphatic heterocycles. The van der Waals surface area contributed by atoms with Gasteiger partial charge < -0.3 is 55.2 Å². The number of halogens is 2. The lowest BCUT2D eigenvalue weighted by molar-refractivity contribution is -0.136. The third-order valence-corrected chi connectivity index (χ3v) is 15.6. The summed E-state index contributed by atoms with van der Waals surface area (Å²) in [6.07, 6.45) is 7.52. The minimum Gasteiger partial charge on any atom is -0.499 e. The highest BCUT2D eigenvalue weighted by atomic mass is 35.5. The summed E-state index contributed by atoms with van der Waals surface area (Å²) in [5.74, 6) is -0.715. The maximum absolute atomic E-state index is 13.7. The Hall–Kier alpha value is -7.44. The summed E-state index contributed by atoms with van der Waals surface area (Å²) in [6, 6.07) is 21.3. The monoisotopic (exact) mass is 1160 g/mol. The van der Waals surface area contributed by atoms with E-state index in [1.54, 1.807) is 38.5 Å². The molecule has 6 heterocycles. The highest BCUT2D eigenvalue weighted by Crippen LogP contribution is 2.42. The molecule has 7 aromatic rings. The average molecular weight is 1160 g/mol. The molecule has 0 unspecified atom stereocenters. The largest absolute Gasteiger partial charge is 0.499 e. The van der Waals surface area contributed by atoms with Crippen LogP contribution in [0.15, 0.2) is 96.4 Å². The summed E-state index contributed by atoms with van der Waals surface area (Å²) in [7, 11) is 1.76. The maximum atomic E-state index is 13.7. The number of aromatic amines is 1. The fourth-order valence-corrected chi connectivity index (χ4v) is 10.7. The van der Waals surface area contributed by atoms with Gasteiger partial charge in [0.05, 0.1) is 91.2 Å². The maximum Gasteiger partial charge on any atom is 0.281 e. The number of hydrogen-bond acceptors (Lipinski definition) is 14. The van der Waals surface area contributed by atoms with Crippen molar-refractivity contribution in [2.75, 3.05) is 78.9 Å². The normalized spacial score (nSPS) is 14.6. The van der Waals surface area contributed by atoms with Crippen molar-refractivity contribution in [3.63, 3.8) is 0 Å². The van der Waals surface area contributed by atoms with E-state index in [1.807, 2.05) is 67.6 Å².